The van der Waals surface area contributed by atoms with Crippen LogP contribution in [0.4, 0.5) is 0 Å². The molecule has 0 aromatic heterocycles. The number of hydrogen-bond donors (Lipinski definition) is 1. The molecule has 1 N–H and O–H groups in total. The summed E-state index contributed by atoms with van der Waals surface area (Å²) in [5.41, 5.74) is -0.357. The Morgan fingerprint density at radius 2 is 1.46 bits per heavy atom. The zero-order valence-electron chi connectivity index (χ0n) is 9.18. The lowest BCUT2D eigenvalue weighted by Crippen LogP contribution is -2.36. The fourth-order valence-corrected chi connectivity index (χ4v) is 2.64. The van der Waals surface area contributed by atoms with Crippen molar-refractivity contribution in [3.05, 3.63) is 0 Å². The third-order valence-electron chi connectivity index (χ3n) is 3.84. The van der Waals surface area contributed by atoms with E-state index in [1.807, 2.05) is 0 Å². The number of hydrogen-bond acceptors (Lipinski definition) is 1. The van der Waals surface area contributed by atoms with Gasteiger partial charge in [-0.15, -0.1) is 0 Å². The Balaban J connectivity index is 2.55. The van der Waals surface area contributed by atoms with Gasteiger partial charge in [-0.25, -0.2) is 0 Å². The van der Waals surface area contributed by atoms with Crippen molar-refractivity contribution >= 4 is 0 Å². The summed E-state index contributed by atoms with van der Waals surface area (Å²) in [4.78, 5) is 0. The zero-order chi connectivity index (χ0) is 9.73. The normalized spacial score (nSPS) is 21.5. The fraction of sp³-hybridized carbons (Fsp3) is 1.00. The molecule has 1 nitrogen and oxygen atoms in total. The third-order valence-corrected chi connectivity index (χ3v) is 3.84. The maximum atomic E-state index is 10.4. The van der Waals surface area contributed by atoms with Gasteiger partial charge in [0.05, 0.1) is 5.60 Å². The van der Waals surface area contributed by atoms with Crippen molar-refractivity contribution in [1.82, 2.24) is 0 Å². The highest BCUT2D eigenvalue weighted by atomic mass is 16.3. The average Bonchev–Trinajstić information content (AvgIpc) is 2.45. The van der Waals surface area contributed by atoms with E-state index in [4.69, 9.17) is 0 Å². The molecule has 78 valence electrons. The first-order valence-corrected chi connectivity index (χ1v) is 5.95. The van der Waals surface area contributed by atoms with Crippen LogP contribution in [0.3, 0.4) is 0 Å². The highest BCUT2D eigenvalue weighted by molar-refractivity contribution is 4.85. The summed E-state index contributed by atoms with van der Waals surface area (Å²) in [7, 11) is 0. The van der Waals surface area contributed by atoms with Gasteiger partial charge in [-0.2, -0.15) is 0 Å². The van der Waals surface area contributed by atoms with Gasteiger partial charge in [0.15, 0.2) is 0 Å². The van der Waals surface area contributed by atoms with Crippen LogP contribution in [0.2, 0.25) is 0 Å². The maximum absolute atomic E-state index is 10.4. The molecular formula is C12H24O. The minimum absolute atomic E-state index is 0.357. The summed E-state index contributed by atoms with van der Waals surface area (Å²) in [6.07, 6.45) is 9.75. The Kier molecular flexibility index (Phi) is 4.24. The smallest absolute Gasteiger partial charge is 0.0670 e. The summed E-state index contributed by atoms with van der Waals surface area (Å²) in [6.45, 7) is 4.24. The SMILES string of the molecule is CCC(O)(CC)C1CCCCCC1. The topological polar surface area (TPSA) is 20.2 Å². The second kappa shape index (κ2) is 4.99. The van der Waals surface area contributed by atoms with E-state index in [2.05, 4.69) is 13.8 Å². The van der Waals surface area contributed by atoms with E-state index in [9.17, 15) is 5.11 Å². The lowest BCUT2D eigenvalue weighted by molar-refractivity contribution is -0.0316. The van der Waals surface area contributed by atoms with Gasteiger partial charge in [0.25, 0.3) is 0 Å². The molecule has 0 unspecified atom stereocenters. The van der Waals surface area contributed by atoms with Crippen LogP contribution in [-0.2, 0) is 0 Å². The molecule has 0 saturated heterocycles. The molecule has 0 radical (unpaired) electrons. The molecule has 0 atom stereocenters. The number of aliphatic hydroxyl groups is 1. The largest absolute Gasteiger partial charge is 0.390 e. The molecule has 0 spiro atoms. The molecule has 1 rings (SSSR count). The van der Waals surface area contributed by atoms with Crippen molar-refractivity contribution in [3.8, 4) is 0 Å². The molecule has 1 fully saturated rings. The Morgan fingerprint density at radius 3 is 1.85 bits per heavy atom. The molecule has 0 aromatic carbocycles. The molecule has 0 amide bonds. The van der Waals surface area contributed by atoms with Crippen molar-refractivity contribution in [2.24, 2.45) is 5.92 Å². The molecule has 1 saturated carbocycles. The van der Waals surface area contributed by atoms with Crippen LogP contribution in [-0.4, -0.2) is 10.7 Å². The monoisotopic (exact) mass is 184 g/mol. The maximum Gasteiger partial charge on any atom is 0.0670 e. The van der Waals surface area contributed by atoms with Crippen LogP contribution in [0.1, 0.15) is 65.2 Å². The van der Waals surface area contributed by atoms with Crippen LogP contribution in [0.25, 0.3) is 0 Å². The lowest BCUT2D eigenvalue weighted by atomic mass is 9.78. The molecule has 0 aromatic rings. The van der Waals surface area contributed by atoms with Crippen LogP contribution in [0, 0.1) is 5.92 Å². The van der Waals surface area contributed by atoms with Crippen molar-refractivity contribution in [2.45, 2.75) is 70.8 Å². The quantitative estimate of drug-likeness (QED) is 0.665. The van der Waals surface area contributed by atoms with Gasteiger partial charge in [-0.3, -0.25) is 0 Å². The predicted octanol–water partition coefficient (Wildman–Crippen LogP) is 3.51. The first-order valence-electron chi connectivity index (χ1n) is 5.95. The Hall–Kier alpha value is -0.0400. The zero-order valence-corrected chi connectivity index (χ0v) is 9.18. The predicted molar refractivity (Wildman–Crippen MR) is 56.7 cm³/mol. The van der Waals surface area contributed by atoms with Crippen LogP contribution in [0.15, 0.2) is 0 Å². The van der Waals surface area contributed by atoms with E-state index in [1.165, 1.54) is 38.5 Å². The van der Waals surface area contributed by atoms with Gasteiger partial charge in [0, 0.05) is 0 Å². The second-order valence-electron chi connectivity index (χ2n) is 4.50. The average molecular weight is 184 g/mol. The van der Waals surface area contributed by atoms with Crippen molar-refractivity contribution in [2.75, 3.05) is 0 Å². The van der Waals surface area contributed by atoms with Crippen molar-refractivity contribution in [1.29, 1.82) is 0 Å². The first-order chi connectivity index (χ1) is 6.23. The molecule has 1 heteroatoms. The minimum Gasteiger partial charge on any atom is -0.390 e. The summed E-state index contributed by atoms with van der Waals surface area (Å²) >= 11 is 0. The highest BCUT2D eigenvalue weighted by Crippen LogP contribution is 2.35. The van der Waals surface area contributed by atoms with Crippen LogP contribution >= 0.6 is 0 Å². The summed E-state index contributed by atoms with van der Waals surface area (Å²) in [5, 5.41) is 10.4. The van der Waals surface area contributed by atoms with E-state index < -0.39 is 0 Å². The Bertz CT molecular complexity index is 130. The van der Waals surface area contributed by atoms with Gasteiger partial charge in [0.2, 0.25) is 0 Å². The standard InChI is InChI=1S/C12H24O/c1-3-12(13,4-2)11-9-7-5-6-8-10-11/h11,13H,3-10H2,1-2H3. The van der Waals surface area contributed by atoms with Crippen LogP contribution in [0.5, 0.6) is 0 Å². The second-order valence-corrected chi connectivity index (χ2v) is 4.50. The molecule has 13 heavy (non-hydrogen) atoms. The summed E-state index contributed by atoms with van der Waals surface area (Å²) in [5.74, 6) is 0.574. The molecule has 1 aliphatic rings. The van der Waals surface area contributed by atoms with Gasteiger partial charge in [-0.05, 0) is 31.6 Å². The Labute approximate surface area is 82.5 Å². The molecule has 0 heterocycles. The van der Waals surface area contributed by atoms with Gasteiger partial charge in [-0.1, -0.05) is 39.5 Å². The van der Waals surface area contributed by atoms with Gasteiger partial charge in [0.1, 0.15) is 0 Å². The van der Waals surface area contributed by atoms with E-state index in [1.54, 1.807) is 0 Å². The molecule has 0 bridgehead atoms. The number of rotatable bonds is 3. The van der Waals surface area contributed by atoms with E-state index in [0.29, 0.717) is 5.92 Å². The first kappa shape index (κ1) is 11.0. The lowest BCUT2D eigenvalue weighted by Gasteiger charge is -2.34. The van der Waals surface area contributed by atoms with E-state index in [-0.39, 0.29) is 5.60 Å². The highest BCUT2D eigenvalue weighted by Gasteiger charge is 2.32. The van der Waals surface area contributed by atoms with Gasteiger partial charge >= 0.3 is 0 Å². The molecule has 0 aliphatic heterocycles. The summed E-state index contributed by atoms with van der Waals surface area (Å²) in [6, 6.07) is 0. The minimum atomic E-state index is -0.357. The van der Waals surface area contributed by atoms with E-state index in [0.717, 1.165) is 12.8 Å². The van der Waals surface area contributed by atoms with Gasteiger partial charge < -0.3 is 5.11 Å². The fourth-order valence-electron chi connectivity index (χ4n) is 2.64. The summed E-state index contributed by atoms with van der Waals surface area (Å²) < 4.78 is 0. The van der Waals surface area contributed by atoms with E-state index >= 15 is 0 Å². The van der Waals surface area contributed by atoms with Crippen molar-refractivity contribution in [3.63, 3.8) is 0 Å². The molecule has 1 aliphatic carbocycles. The third kappa shape index (κ3) is 2.70. The molecular weight excluding hydrogens is 160 g/mol. The van der Waals surface area contributed by atoms with Crippen molar-refractivity contribution < 1.29 is 5.11 Å². The van der Waals surface area contributed by atoms with Crippen LogP contribution < -0.4 is 0 Å². The Morgan fingerprint density at radius 1 is 1.00 bits per heavy atom.